The predicted octanol–water partition coefficient (Wildman–Crippen LogP) is 23.3. The Kier molecular flexibility index (Phi) is 11.2. The molecule has 3 aromatic heterocycles. The molecule has 0 radical (unpaired) electrons. The van der Waals surface area contributed by atoms with Crippen LogP contribution < -0.4 is 9.80 Å². The molecule has 17 aromatic rings. The van der Waals surface area contributed by atoms with E-state index >= 15 is 0 Å². The van der Waals surface area contributed by atoms with E-state index in [0.29, 0.717) is 0 Å². The Labute approximate surface area is 489 Å². The van der Waals surface area contributed by atoms with Crippen molar-refractivity contribution in [3.8, 4) is 44.5 Å². The van der Waals surface area contributed by atoms with Crippen LogP contribution in [-0.4, -0.2) is 0 Å². The standard InChI is InChI=1S/C80H50N2O3/c1-5-21-51(22-6-1)61-29-13-15-37-71(61)81(73-39-19-35-67-65-33-17-31-63(77(65)84-79(67)73)53-25-9-3-10-26-53)59-43-41-55-49-75-69(47-57(55)45-59)70-48-58-46-60(44-42-56(58)50-76(70)83-75)82(72-38-16-14-30-62(72)52-23-7-2-8-24-52)74-40-20-36-68-66-34-18-32-64(78(66)85-80(68)74)54-27-11-4-12-28-54/h1-50H. The summed E-state index contributed by atoms with van der Waals surface area (Å²) in [6, 6.07) is 108. The predicted molar refractivity (Wildman–Crippen MR) is 354 cm³/mol. The van der Waals surface area contributed by atoms with E-state index in [1.165, 1.54) is 0 Å². The number of nitrogens with zero attached hydrogens (tertiary/aromatic N) is 2. The third-order valence-electron chi connectivity index (χ3n) is 17.0. The van der Waals surface area contributed by atoms with Crippen LogP contribution >= 0.6 is 0 Å². The van der Waals surface area contributed by atoms with Gasteiger partial charge in [-0.15, -0.1) is 0 Å². The van der Waals surface area contributed by atoms with Gasteiger partial charge in [-0.05, 0) is 117 Å². The average Bonchev–Trinajstić information content (AvgIpc) is 2.60. The lowest BCUT2D eigenvalue weighted by Crippen LogP contribution is -2.11. The number of hydrogen-bond donors (Lipinski definition) is 0. The first-order valence-electron chi connectivity index (χ1n) is 28.9. The summed E-state index contributed by atoms with van der Waals surface area (Å²) in [4.78, 5) is 4.74. The highest BCUT2D eigenvalue weighted by Gasteiger charge is 2.26. The zero-order valence-electron chi connectivity index (χ0n) is 46.0. The van der Waals surface area contributed by atoms with E-state index in [-0.39, 0.29) is 0 Å². The van der Waals surface area contributed by atoms with E-state index in [4.69, 9.17) is 13.3 Å². The summed E-state index contributed by atoms with van der Waals surface area (Å²) in [6.45, 7) is 0. The maximum absolute atomic E-state index is 7.15. The highest BCUT2D eigenvalue weighted by atomic mass is 16.3. The molecule has 0 amide bonds. The van der Waals surface area contributed by atoms with Crippen LogP contribution in [0.5, 0.6) is 0 Å². The molecule has 85 heavy (non-hydrogen) atoms. The minimum absolute atomic E-state index is 0.819. The number of benzene rings is 14. The van der Waals surface area contributed by atoms with Crippen LogP contribution in [0.2, 0.25) is 0 Å². The van der Waals surface area contributed by atoms with Crippen molar-refractivity contribution in [2.45, 2.75) is 0 Å². The molecule has 0 N–H and O–H groups in total. The summed E-state index contributed by atoms with van der Waals surface area (Å²) in [5, 5.41) is 10.7. The highest BCUT2D eigenvalue weighted by molar-refractivity contribution is 6.18. The van der Waals surface area contributed by atoms with Gasteiger partial charge in [0.15, 0.2) is 11.2 Å². The molecule has 3 heterocycles. The first-order valence-corrected chi connectivity index (χ1v) is 28.9. The molecule has 5 nitrogen and oxygen atoms in total. The molecule has 0 bridgehead atoms. The van der Waals surface area contributed by atoms with Gasteiger partial charge in [0.25, 0.3) is 0 Å². The van der Waals surface area contributed by atoms with E-state index < -0.39 is 0 Å². The molecule has 398 valence electrons. The lowest BCUT2D eigenvalue weighted by Gasteiger charge is -2.28. The SMILES string of the molecule is c1ccc(-c2ccccc2N(c2ccc3cc4oc5cc6ccc(N(c7ccccc7-c7ccccc7)c7cccc8c7oc7c(-c9ccccc9)cccc78)cc6cc5c4cc3c2)c2cccc3c2oc2c(-c4ccccc4)cccc23)cc1. The summed E-state index contributed by atoms with van der Waals surface area (Å²) in [5.41, 5.74) is 19.8. The van der Waals surface area contributed by atoms with Crippen LogP contribution in [0.3, 0.4) is 0 Å². The quantitative estimate of drug-likeness (QED) is 0.137. The smallest absolute Gasteiger partial charge is 0.159 e. The van der Waals surface area contributed by atoms with E-state index in [1.54, 1.807) is 0 Å². The Morgan fingerprint density at radius 1 is 0.200 bits per heavy atom. The van der Waals surface area contributed by atoms with Crippen molar-refractivity contribution >= 4 is 121 Å². The Morgan fingerprint density at radius 3 is 0.941 bits per heavy atom. The minimum Gasteiger partial charge on any atom is -0.456 e. The highest BCUT2D eigenvalue weighted by Crippen LogP contribution is 2.50. The number of hydrogen-bond acceptors (Lipinski definition) is 5. The molecule has 0 spiro atoms. The van der Waals surface area contributed by atoms with Gasteiger partial charge in [0, 0.05) is 65.9 Å². The largest absolute Gasteiger partial charge is 0.456 e. The maximum Gasteiger partial charge on any atom is 0.159 e. The van der Waals surface area contributed by atoms with Gasteiger partial charge in [-0.2, -0.15) is 0 Å². The Morgan fingerprint density at radius 2 is 0.529 bits per heavy atom. The number of para-hydroxylation sites is 6. The van der Waals surface area contributed by atoms with Gasteiger partial charge in [-0.3, -0.25) is 0 Å². The van der Waals surface area contributed by atoms with Gasteiger partial charge in [-0.1, -0.05) is 231 Å². The van der Waals surface area contributed by atoms with Crippen LogP contribution in [0.15, 0.2) is 317 Å². The summed E-state index contributed by atoms with van der Waals surface area (Å²) >= 11 is 0. The fraction of sp³-hybridized carbons (Fsp3) is 0. The molecular formula is C80H50N2O3. The van der Waals surface area contributed by atoms with Gasteiger partial charge in [-0.25, -0.2) is 0 Å². The second-order valence-electron chi connectivity index (χ2n) is 21.9. The number of fused-ring (bicyclic) bond motifs is 11. The van der Waals surface area contributed by atoms with E-state index in [9.17, 15) is 0 Å². The van der Waals surface area contributed by atoms with Crippen LogP contribution in [-0.2, 0) is 0 Å². The van der Waals surface area contributed by atoms with Crippen molar-refractivity contribution in [1.29, 1.82) is 0 Å². The Bertz CT molecular complexity index is 5090. The maximum atomic E-state index is 7.15. The zero-order valence-corrected chi connectivity index (χ0v) is 46.0. The summed E-state index contributed by atoms with van der Waals surface area (Å²) < 4.78 is 21.1. The first-order chi connectivity index (χ1) is 42.1. The van der Waals surface area contributed by atoms with Crippen LogP contribution in [0, 0.1) is 0 Å². The summed E-state index contributed by atoms with van der Waals surface area (Å²) in [6.07, 6.45) is 0. The molecule has 0 aliphatic carbocycles. The Hall–Kier alpha value is -11.4. The van der Waals surface area contributed by atoms with Crippen molar-refractivity contribution in [3.63, 3.8) is 0 Å². The molecule has 0 aliphatic heterocycles. The lowest BCUT2D eigenvalue weighted by molar-refractivity contribution is 0.670. The van der Waals surface area contributed by atoms with E-state index in [1.807, 2.05) is 0 Å². The van der Waals surface area contributed by atoms with E-state index in [2.05, 4.69) is 313 Å². The molecule has 0 atom stereocenters. The number of anilines is 6. The molecule has 14 aromatic carbocycles. The van der Waals surface area contributed by atoms with Gasteiger partial charge < -0.3 is 23.1 Å². The minimum atomic E-state index is 0.819. The van der Waals surface area contributed by atoms with E-state index in [0.717, 1.165) is 166 Å². The summed E-state index contributed by atoms with van der Waals surface area (Å²) in [7, 11) is 0. The van der Waals surface area contributed by atoms with Gasteiger partial charge in [0.2, 0.25) is 0 Å². The third-order valence-corrected chi connectivity index (χ3v) is 17.0. The van der Waals surface area contributed by atoms with Crippen molar-refractivity contribution in [2.75, 3.05) is 9.80 Å². The van der Waals surface area contributed by atoms with Crippen molar-refractivity contribution in [1.82, 2.24) is 0 Å². The van der Waals surface area contributed by atoms with Crippen molar-refractivity contribution in [3.05, 3.63) is 303 Å². The molecule has 5 heteroatoms. The second kappa shape index (κ2) is 19.7. The normalized spacial score (nSPS) is 11.8. The third kappa shape index (κ3) is 8.01. The van der Waals surface area contributed by atoms with Crippen LogP contribution in [0.4, 0.5) is 34.1 Å². The molecular weight excluding hydrogens is 1040 g/mol. The monoisotopic (exact) mass is 1090 g/mol. The lowest BCUT2D eigenvalue weighted by atomic mass is 9.99. The molecule has 0 saturated heterocycles. The van der Waals surface area contributed by atoms with Crippen LogP contribution in [0.25, 0.3) is 132 Å². The van der Waals surface area contributed by atoms with Gasteiger partial charge in [0.1, 0.15) is 22.3 Å². The van der Waals surface area contributed by atoms with Crippen LogP contribution in [0.1, 0.15) is 0 Å². The molecule has 17 rings (SSSR count). The Balaban J connectivity index is 0.841. The summed E-state index contributed by atoms with van der Waals surface area (Å²) in [5.74, 6) is 0. The zero-order chi connectivity index (χ0) is 56.0. The number of rotatable bonds is 10. The van der Waals surface area contributed by atoms with Gasteiger partial charge in [0.05, 0.1) is 22.7 Å². The molecule has 0 aliphatic rings. The fourth-order valence-corrected chi connectivity index (χ4v) is 13.0. The number of furan rings is 3. The van der Waals surface area contributed by atoms with Crippen molar-refractivity contribution < 1.29 is 13.3 Å². The molecule has 0 fully saturated rings. The molecule has 0 unspecified atom stereocenters. The molecule has 0 saturated carbocycles. The van der Waals surface area contributed by atoms with Gasteiger partial charge >= 0.3 is 0 Å². The second-order valence-corrected chi connectivity index (χ2v) is 21.9. The fourth-order valence-electron chi connectivity index (χ4n) is 13.0. The average molecular weight is 1090 g/mol. The van der Waals surface area contributed by atoms with Crippen molar-refractivity contribution in [2.24, 2.45) is 0 Å². The first kappa shape index (κ1) is 48.3. The topological polar surface area (TPSA) is 45.9 Å².